The molecule has 0 aliphatic rings. The van der Waals surface area contributed by atoms with E-state index < -0.39 is 0 Å². The lowest BCUT2D eigenvalue weighted by Crippen LogP contribution is -2.38. The van der Waals surface area contributed by atoms with Crippen molar-refractivity contribution >= 4 is 23.9 Å². The van der Waals surface area contributed by atoms with E-state index in [1.807, 2.05) is 0 Å². The monoisotopic (exact) mass is 1250 g/mol. The molecule has 0 rings (SSSR count). The maximum absolute atomic E-state index is 13.0. The van der Waals surface area contributed by atoms with Crippen LogP contribution in [0.2, 0.25) is 0 Å². The van der Waals surface area contributed by atoms with Crippen molar-refractivity contribution in [2.24, 2.45) is 0 Å². The Morgan fingerprint density at radius 2 is 0.409 bits per heavy atom. The van der Waals surface area contributed by atoms with Crippen molar-refractivity contribution in [2.45, 2.75) is 362 Å². The van der Waals surface area contributed by atoms with Crippen LogP contribution in [0.15, 0.2) is 0 Å². The lowest BCUT2D eigenvalue weighted by Gasteiger charge is -2.28. The van der Waals surface area contributed by atoms with Crippen molar-refractivity contribution in [1.29, 1.82) is 0 Å². The summed E-state index contributed by atoms with van der Waals surface area (Å²) in [5.41, 5.74) is 0. The molecule has 0 unspecified atom stereocenters. The molecule has 0 saturated heterocycles. The average Bonchev–Trinajstić information content (AvgIpc) is 3.52. The van der Waals surface area contributed by atoms with Gasteiger partial charge in [-0.15, -0.1) is 0 Å². The van der Waals surface area contributed by atoms with Gasteiger partial charge in [-0.1, -0.05) is 291 Å². The Labute approximate surface area is 546 Å². The lowest BCUT2D eigenvalue weighted by atomic mass is 10.1. The Kier molecular flexibility index (Phi) is 68.8. The number of carbonyl (C=O) groups is 4. The first kappa shape index (κ1) is 85.7. The van der Waals surface area contributed by atoms with E-state index in [-0.39, 0.29) is 23.9 Å². The van der Waals surface area contributed by atoms with Gasteiger partial charge in [0, 0.05) is 39.3 Å². The summed E-state index contributed by atoms with van der Waals surface area (Å²) in [6.45, 7) is 22.0. The van der Waals surface area contributed by atoms with Crippen LogP contribution in [0.25, 0.3) is 0 Å². The molecule has 0 heterocycles. The smallest absolute Gasteiger partial charge is 0.307 e. The van der Waals surface area contributed by atoms with E-state index in [0.717, 1.165) is 116 Å². The minimum atomic E-state index is -0.146. The van der Waals surface area contributed by atoms with Gasteiger partial charge in [-0.2, -0.15) is 0 Å². The van der Waals surface area contributed by atoms with E-state index >= 15 is 0 Å². The minimum Gasteiger partial charge on any atom is -0.466 e. The van der Waals surface area contributed by atoms with Crippen molar-refractivity contribution in [1.82, 2.24) is 19.6 Å². The fourth-order valence-electron chi connectivity index (χ4n) is 11.9. The van der Waals surface area contributed by atoms with Gasteiger partial charge in [-0.05, 0) is 84.7 Å². The van der Waals surface area contributed by atoms with Gasteiger partial charge in [0.25, 0.3) is 0 Å². The minimum absolute atomic E-state index is 0.144. The van der Waals surface area contributed by atoms with E-state index in [9.17, 15) is 19.2 Å². The van der Waals surface area contributed by atoms with Crippen LogP contribution in [0.5, 0.6) is 0 Å². The Bertz CT molecular complexity index is 1380. The number of unbranched alkanes of at least 4 members (excludes halogenated alkanes) is 40. The molecule has 0 saturated carbocycles. The zero-order valence-corrected chi connectivity index (χ0v) is 59.7. The third-order valence-electron chi connectivity index (χ3n) is 17.9. The van der Waals surface area contributed by atoms with E-state index in [1.165, 1.54) is 231 Å². The number of carbonyl (C=O) groups excluding carboxylic acids is 4. The molecule has 0 bridgehead atoms. The van der Waals surface area contributed by atoms with Crippen LogP contribution in [0.3, 0.4) is 0 Å². The largest absolute Gasteiger partial charge is 0.466 e. The molecular weight excluding hydrogens is 1100 g/mol. The van der Waals surface area contributed by atoms with Crippen molar-refractivity contribution in [3.63, 3.8) is 0 Å². The van der Waals surface area contributed by atoms with Crippen LogP contribution in [-0.4, -0.2) is 149 Å². The quantitative estimate of drug-likeness (QED) is 0.0328. The Morgan fingerprint density at radius 3 is 0.636 bits per heavy atom. The zero-order valence-electron chi connectivity index (χ0n) is 59.7. The second kappa shape index (κ2) is 70.6. The maximum atomic E-state index is 13.0. The molecule has 0 aromatic rings. The summed E-state index contributed by atoms with van der Waals surface area (Å²) in [6.07, 6.45) is 59.9. The van der Waals surface area contributed by atoms with Gasteiger partial charge in [0.1, 0.15) is 0 Å². The average molecular weight is 1250 g/mol. The molecule has 0 aliphatic carbocycles. The fraction of sp³-hybridized carbons (Fsp3) is 0.947. The van der Waals surface area contributed by atoms with Gasteiger partial charge >= 0.3 is 23.9 Å². The molecule has 522 valence electrons. The van der Waals surface area contributed by atoms with Crippen molar-refractivity contribution in [3.05, 3.63) is 0 Å². The first-order valence-corrected chi connectivity index (χ1v) is 38.7. The second-order valence-corrected chi connectivity index (χ2v) is 26.6. The van der Waals surface area contributed by atoms with Crippen LogP contribution >= 0.6 is 0 Å². The predicted octanol–water partition coefficient (Wildman–Crippen LogP) is 20.0. The molecule has 12 nitrogen and oxygen atoms in total. The lowest BCUT2D eigenvalue weighted by molar-refractivity contribution is -0.146. The molecule has 0 atom stereocenters. The number of ether oxygens (including phenoxy) is 4. The molecule has 0 radical (unpaired) electrons. The first-order valence-electron chi connectivity index (χ1n) is 38.7. The van der Waals surface area contributed by atoms with Crippen LogP contribution in [0, 0.1) is 0 Å². The summed E-state index contributed by atoms with van der Waals surface area (Å²) < 4.78 is 22.8. The third-order valence-corrected chi connectivity index (χ3v) is 17.9. The molecule has 0 aliphatic heterocycles. The predicted molar refractivity (Wildman–Crippen MR) is 374 cm³/mol. The normalized spacial score (nSPS) is 11.7. The van der Waals surface area contributed by atoms with Crippen molar-refractivity contribution < 1.29 is 38.1 Å². The molecular formula is C76H150N4O8. The summed E-state index contributed by atoms with van der Waals surface area (Å²) in [5, 5.41) is 0. The summed E-state index contributed by atoms with van der Waals surface area (Å²) in [5.74, 6) is -0.579. The summed E-state index contributed by atoms with van der Waals surface area (Å²) in [4.78, 5) is 61.3. The number of hydrogen-bond donors (Lipinski definition) is 0. The van der Waals surface area contributed by atoms with Gasteiger partial charge in [-0.3, -0.25) is 19.2 Å². The number of rotatable bonds is 73. The highest BCUT2D eigenvalue weighted by atomic mass is 16.5. The third kappa shape index (κ3) is 65.2. The fourth-order valence-corrected chi connectivity index (χ4v) is 11.9. The SMILES string of the molecule is CCCCCCCCCCCCCOC(=O)CCN(CCCN(C)CCN(CCC)CCCN(CCC(=O)OCCCCCCCCCCCCC)CCC(=O)OCCCCCCCCCCCCC)CCC(=O)OCCCCCCCCCCCCC. The van der Waals surface area contributed by atoms with E-state index in [1.54, 1.807) is 0 Å². The topological polar surface area (TPSA) is 118 Å². The first-order chi connectivity index (χ1) is 43.2. The van der Waals surface area contributed by atoms with E-state index in [0.29, 0.717) is 78.3 Å². The zero-order chi connectivity index (χ0) is 64.1. The van der Waals surface area contributed by atoms with E-state index in [4.69, 9.17) is 18.9 Å². The molecule has 12 heteroatoms. The van der Waals surface area contributed by atoms with Crippen LogP contribution in [-0.2, 0) is 38.1 Å². The van der Waals surface area contributed by atoms with Gasteiger partial charge in [0.05, 0.1) is 52.1 Å². The van der Waals surface area contributed by atoms with Crippen molar-refractivity contribution in [3.8, 4) is 0 Å². The molecule has 0 amide bonds. The molecule has 88 heavy (non-hydrogen) atoms. The highest BCUT2D eigenvalue weighted by Crippen LogP contribution is 2.16. The number of hydrogen-bond acceptors (Lipinski definition) is 12. The summed E-state index contributed by atoms with van der Waals surface area (Å²) >= 11 is 0. The highest BCUT2D eigenvalue weighted by molar-refractivity contribution is 5.71. The highest BCUT2D eigenvalue weighted by Gasteiger charge is 2.16. The van der Waals surface area contributed by atoms with E-state index in [2.05, 4.69) is 61.3 Å². The van der Waals surface area contributed by atoms with Gasteiger partial charge in [0.15, 0.2) is 0 Å². The van der Waals surface area contributed by atoms with Crippen LogP contribution in [0.1, 0.15) is 362 Å². The molecule has 0 fully saturated rings. The number of esters is 4. The van der Waals surface area contributed by atoms with Gasteiger partial charge in [-0.25, -0.2) is 0 Å². The second-order valence-electron chi connectivity index (χ2n) is 26.6. The number of likely N-dealkylation sites (N-methyl/N-ethyl adjacent to an activating group) is 1. The molecule has 0 aromatic heterocycles. The Hall–Kier alpha value is -2.28. The maximum Gasteiger partial charge on any atom is 0.307 e. The Balaban J connectivity index is 5.17. The molecule has 0 aromatic carbocycles. The number of nitrogens with zero attached hydrogens (tertiary/aromatic N) is 4. The van der Waals surface area contributed by atoms with Crippen LogP contribution in [0.4, 0.5) is 0 Å². The van der Waals surface area contributed by atoms with Gasteiger partial charge in [0.2, 0.25) is 0 Å². The van der Waals surface area contributed by atoms with Crippen LogP contribution < -0.4 is 0 Å². The van der Waals surface area contributed by atoms with Gasteiger partial charge < -0.3 is 38.5 Å². The Morgan fingerprint density at radius 1 is 0.205 bits per heavy atom. The molecule has 0 spiro atoms. The summed E-state index contributed by atoms with van der Waals surface area (Å²) in [7, 11) is 2.20. The standard InChI is InChI=1S/C76H150N4O8/c1-7-12-16-20-24-28-32-36-40-44-48-69-85-73(81)54-63-79(64-55-74(82)86-70-49-45-41-37-33-29-25-21-17-13-8-2)60-52-59-77(6)67-68-78(58-11-5)61-53-62-80(65-56-75(83)87-71-50-46-42-38-34-30-26-22-18-14-9-3)66-57-76(84)88-72-51-47-43-39-35-31-27-23-19-15-10-4/h7-72H2,1-6H3. The molecule has 0 N–H and O–H groups in total. The van der Waals surface area contributed by atoms with Crippen molar-refractivity contribution in [2.75, 3.05) is 105 Å². The summed E-state index contributed by atoms with van der Waals surface area (Å²) in [6, 6.07) is 0.